The van der Waals surface area contributed by atoms with E-state index in [1.165, 1.54) is 0 Å². The summed E-state index contributed by atoms with van der Waals surface area (Å²) < 4.78 is 10.7. The number of hydrogen-bond donors (Lipinski definition) is 2. The Morgan fingerprint density at radius 3 is 2.76 bits per heavy atom. The lowest BCUT2D eigenvalue weighted by atomic mass is 10.2. The largest absolute Gasteiger partial charge is 0.493 e. The van der Waals surface area contributed by atoms with Crippen LogP contribution in [0.5, 0.6) is 5.75 Å². The zero-order chi connectivity index (χ0) is 15.5. The van der Waals surface area contributed by atoms with Crippen LogP contribution >= 0.6 is 0 Å². The van der Waals surface area contributed by atoms with Gasteiger partial charge in [0.05, 0.1) is 13.2 Å². The Balaban J connectivity index is 2.45. The van der Waals surface area contributed by atoms with Crippen molar-refractivity contribution < 1.29 is 9.47 Å². The molecule has 0 fully saturated rings. The molecule has 0 saturated carbocycles. The summed E-state index contributed by atoms with van der Waals surface area (Å²) in [7, 11) is 3.44. The number of ether oxygens (including phenoxy) is 2. The Labute approximate surface area is 127 Å². The van der Waals surface area contributed by atoms with Gasteiger partial charge in [0, 0.05) is 27.2 Å². The third kappa shape index (κ3) is 7.56. The number of rotatable bonds is 8. The zero-order valence-electron chi connectivity index (χ0n) is 13.5. The van der Waals surface area contributed by atoms with Crippen molar-refractivity contribution in [3.05, 3.63) is 29.8 Å². The lowest BCUT2D eigenvalue weighted by Gasteiger charge is -2.13. The molecule has 0 unspecified atom stereocenters. The van der Waals surface area contributed by atoms with Crippen molar-refractivity contribution in [1.82, 2.24) is 10.6 Å². The predicted octanol–water partition coefficient (Wildman–Crippen LogP) is 2.03. The topological polar surface area (TPSA) is 54.9 Å². The van der Waals surface area contributed by atoms with E-state index < -0.39 is 0 Å². The second kappa shape index (κ2) is 10.0. The molecule has 0 heterocycles. The second-order valence-electron chi connectivity index (χ2n) is 5.20. The molecule has 2 N–H and O–H groups in total. The highest BCUT2D eigenvalue weighted by Crippen LogP contribution is 2.14. The van der Waals surface area contributed by atoms with Crippen molar-refractivity contribution >= 4 is 5.96 Å². The van der Waals surface area contributed by atoms with Gasteiger partial charge < -0.3 is 20.1 Å². The second-order valence-corrected chi connectivity index (χ2v) is 5.20. The lowest BCUT2D eigenvalue weighted by Crippen LogP contribution is -2.38. The zero-order valence-corrected chi connectivity index (χ0v) is 13.5. The Morgan fingerprint density at radius 1 is 1.29 bits per heavy atom. The molecular weight excluding hydrogens is 266 g/mol. The summed E-state index contributed by atoms with van der Waals surface area (Å²) >= 11 is 0. The summed E-state index contributed by atoms with van der Waals surface area (Å²) in [5.41, 5.74) is 1.16. The van der Waals surface area contributed by atoms with E-state index >= 15 is 0 Å². The standard InChI is InChI=1S/C16H27N3O2/c1-13(2)12-21-15-7-5-6-14(10-15)11-19-16(17-3)18-8-9-20-4/h5-7,10,13H,8-9,11-12H2,1-4H3,(H2,17,18,19). The Kier molecular flexibility index (Phi) is 8.28. The van der Waals surface area contributed by atoms with Crippen molar-refractivity contribution in [2.75, 3.05) is 33.9 Å². The minimum absolute atomic E-state index is 0.524. The molecule has 0 aromatic heterocycles. The Morgan fingerprint density at radius 2 is 2.10 bits per heavy atom. The van der Waals surface area contributed by atoms with E-state index in [2.05, 4.69) is 41.6 Å². The van der Waals surface area contributed by atoms with Gasteiger partial charge in [-0.3, -0.25) is 4.99 Å². The van der Waals surface area contributed by atoms with Gasteiger partial charge in [0.15, 0.2) is 5.96 Å². The molecule has 0 aliphatic rings. The van der Waals surface area contributed by atoms with Gasteiger partial charge in [-0.1, -0.05) is 26.0 Å². The first-order chi connectivity index (χ1) is 10.2. The quantitative estimate of drug-likeness (QED) is 0.437. The maximum absolute atomic E-state index is 5.73. The first kappa shape index (κ1) is 17.3. The van der Waals surface area contributed by atoms with Crippen LogP contribution in [0.25, 0.3) is 0 Å². The molecule has 1 aromatic carbocycles. The Bertz CT molecular complexity index is 433. The Hall–Kier alpha value is -1.75. The number of nitrogens with zero attached hydrogens (tertiary/aromatic N) is 1. The van der Waals surface area contributed by atoms with Crippen LogP contribution in [0.1, 0.15) is 19.4 Å². The fourth-order valence-corrected chi connectivity index (χ4v) is 1.69. The minimum Gasteiger partial charge on any atom is -0.493 e. The average molecular weight is 293 g/mol. The van der Waals surface area contributed by atoms with Gasteiger partial charge in [0.2, 0.25) is 0 Å². The number of nitrogens with one attached hydrogen (secondary N) is 2. The van der Waals surface area contributed by atoms with Crippen LogP contribution in [-0.2, 0) is 11.3 Å². The number of methoxy groups -OCH3 is 1. The first-order valence-electron chi connectivity index (χ1n) is 7.31. The smallest absolute Gasteiger partial charge is 0.191 e. The van der Waals surface area contributed by atoms with E-state index in [9.17, 15) is 0 Å². The highest BCUT2D eigenvalue weighted by Gasteiger charge is 2.01. The third-order valence-electron chi connectivity index (χ3n) is 2.76. The van der Waals surface area contributed by atoms with Crippen LogP contribution < -0.4 is 15.4 Å². The molecule has 5 nitrogen and oxygen atoms in total. The van der Waals surface area contributed by atoms with Gasteiger partial charge in [-0.25, -0.2) is 0 Å². The monoisotopic (exact) mass is 293 g/mol. The van der Waals surface area contributed by atoms with Gasteiger partial charge in [-0.15, -0.1) is 0 Å². The number of guanidine groups is 1. The van der Waals surface area contributed by atoms with Crippen LogP contribution in [-0.4, -0.2) is 39.9 Å². The van der Waals surface area contributed by atoms with Gasteiger partial charge in [0.25, 0.3) is 0 Å². The molecule has 0 bridgehead atoms. The van der Waals surface area contributed by atoms with Gasteiger partial charge in [0.1, 0.15) is 5.75 Å². The third-order valence-corrected chi connectivity index (χ3v) is 2.76. The molecular formula is C16H27N3O2. The molecule has 118 valence electrons. The summed E-state index contributed by atoms with van der Waals surface area (Å²) in [4.78, 5) is 4.16. The molecule has 0 amide bonds. The SMILES string of the molecule is CN=C(NCCOC)NCc1cccc(OCC(C)C)c1. The fraction of sp³-hybridized carbons (Fsp3) is 0.562. The van der Waals surface area contributed by atoms with Crippen LogP contribution in [0.2, 0.25) is 0 Å². The number of hydrogen-bond acceptors (Lipinski definition) is 3. The van der Waals surface area contributed by atoms with Crippen molar-refractivity contribution in [3.8, 4) is 5.75 Å². The maximum Gasteiger partial charge on any atom is 0.191 e. The van der Waals surface area contributed by atoms with E-state index in [0.29, 0.717) is 19.1 Å². The average Bonchev–Trinajstić information content (AvgIpc) is 2.49. The molecule has 0 spiro atoms. The molecule has 0 radical (unpaired) electrons. The van der Waals surface area contributed by atoms with Crippen molar-refractivity contribution in [2.24, 2.45) is 10.9 Å². The molecule has 1 aromatic rings. The minimum atomic E-state index is 0.524. The normalized spacial score (nSPS) is 11.6. The van der Waals surface area contributed by atoms with E-state index in [1.807, 2.05) is 12.1 Å². The summed E-state index contributed by atoms with van der Waals surface area (Å²) in [6.07, 6.45) is 0. The summed E-state index contributed by atoms with van der Waals surface area (Å²) in [5.74, 6) is 2.20. The molecule has 0 aliphatic carbocycles. The van der Waals surface area contributed by atoms with Crippen LogP contribution in [0.15, 0.2) is 29.3 Å². The van der Waals surface area contributed by atoms with Crippen LogP contribution in [0.3, 0.4) is 0 Å². The number of benzene rings is 1. The molecule has 0 aliphatic heterocycles. The van der Waals surface area contributed by atoms with Crippen molar-refractivity contribution in [1.29, 1.82) is 0 Å². The molecule has 5 heteroatoms. The fourth-order valence-electron chi connectivity index (χ4n) is 1.69. The van der Waals surface area contributed by atoms with Gasteiger partial charge in [-0.05, 0) is 23.6 Å². The van der Waals surface area contributed by atoms with E-state index in [1.54, 1.807) is 14.2 Å². The van der Waals surface area contributed by atoms with E-state index in [0.717, 1.165) is 30.4 Å². The molecule has 0 atom stereocenters. The van der Waals surface area contributed by atoms with Crippen LogP contribution in [0, 0.1) is 5.92 Å². The van der Waals surface area contributed by atoms with E-state index in [-0.39, 0.29) is 0 Å². The van der Waals surface area contributed by atoms with Crippen molar-refractivity contribution in [3.63, 3.8) is 0 Å². The van der Waals surface area contributed by atoms with Crippen LogP contribution in [0.4, 0.5) is 0 Å². The number of aliphatic imine (C=N–C) groups is 1. The van der Waals surface area contributed by atoms with Gasteiger partial charge in [-0.2, -0.15) is 0 Å². The first-order valence-corrected chi connectivity index (χ1v) is 7.31. The molecule has 21 heavy (non-hydrogen) atoms. The van der Waals surface area contributed by atoms with Gasteiger partial charge >= 0.3 is 0 Å². The maximum atomic E-state index is 5.73. The molecule has 0 saturated heterocycles. The summed E-state index contributed by atoms with van der Waals surface area (Å²) in [5, 5.41) is 6.44. The summed E-state index contributed by atoms with van der Waals surface area (Å²) in [6, 6.07) is 8.11. The van der Waals surface area contributed by atoms with Crippen molar-refractivity contribution in [2.45, 2.75) is 20.4 Å². The highest BCUT2D eigenvalue weighted by molar-refractivity contribution is 5.79. The molecule has 1 rings (SSSR count). The highest BCUT2D eigenvalue weighted by atomic mass is 16.5. The summed E-state index contributed by atoms with van der Waals surface area (Å²) in [6.45, 7) is 7.10. The van der Waals surface area contributed by atoms with E-state index in [4.69, 9.17) is 9.47 Å². The predicted molar refractivity (Wildman–Crippen MR) is 86.9 cm³/mol. The lowest BCUT2D eigenvalue weighted by molar-refractivity contribution is 0.203.